The van der Waals surface area contributed by atoms with Crippen molar-refractivity contribution in [1.82, 2.24) is 0 Å². The molecule has 0 radical (unpaired) electrons. The van der Waals surface area contributed by atoms with Gasteiger partial charge in [0.2, 0.25) is 0 Å². The Bertz CT molecular complexity index is 350. The largest absolute Gasteiger partial charge is 0.465 e. The molecule has 0 unspecified atom stereocenters. The first-order valence-corrected chi connectivity index (χ1v) is 8.39. The first kappa shape index (κ1) is 17.9. The Balaban J connectivity index is 4.95. The molecule has 0 saturated carbocycles. The third-order valence-corrected chi connectivity index (χ3v) is 3.17. The molecule has 4 nitrogen and oxygen atoms in total. The number of hydrogen-bond acceptors (Lipinski definition) is 4. The van der Waals surface area contributed by atoms with E-state index >= 15 is 0 Å². The Morgan fingerprint density at radius 2 is 1.58 bits per heavy atom. The van der Waals surface area contributed by atoms with Crippen molar-refractivity contribution in [2.45, 2.75) is 27.2 Å². The van der Waals surface area contributed by atoms with Crippen LogP contribution >= 0.6 is 10.5 Å². The molecule has 0 fully saturated rings. The fourth-order valence-electron chi connectivity index (χ4n) is 1.35. The van der Waals surface area contributed by atoms with Crippen LogP contribution in [0.4, 0.5) is 0 Å². The lowest BCUT2D eigenvalue weighted by molar-refractivity contribution is -0.170. The first-order valence-electron chi connectivity index (χ1n) is 6.29. The third kappa shape index (κ3) is 6.05. The molecule has 0 amide bonds. The van der Waals surface area contributed by atoms with Crippen molar-refractivity contribution in [3.8, 4) is 0 Å². The molecule has 0 aromatic heterocycles. The predicted molar refractivity (Wildman–Crippen MR) is 80.6 cm³/mol. The number of ether oxygens (including phenoxy) is 2. The summed E-state index contributed by atoms with van der Waals surface area (Å²) in [7, 11) is 0.184. The Kier molecular flexibility index (Phi) is 8.39. The van der Waals surface area contributed by atoms with E-state index in [1.54, 1.807) is 26.8 Å². The molecule has 0 spiro atoms. The van der Waals surface area contributed by atoms with Gasteiger partial charge in [-0.05, 0) is 45.1 Å². The van der Waals surface area contributed by atoms with Gasteiger partial charge in [0.15, 0.2) is 5.41 Å². The van der Waals surface area contributed by atoms with Crippen LogP contribution in [-0.2, 0) is 19.1 Å². The summed E-state index contributed by atoms with van der Waals surface area (Å²) in [6, 6.07) is 0. The second-order valence-corrected chi connectivity index (χ2v) is 6.45. The van der Waals surface area contributed by atoms with Gasteiger partial charge in [-0.15, -0.1) is 0 Å². The van der Waals surface area contributed by atoms with Crippen LogP contribution in [0.1, 0.15) is 27.2 Å². The van der Waals surface area contributed by atoms with Crippen molar-refractivity contribution in [3.63, 3.8) is 0 Å². The van der Waals surface area contributed by atoms with Crippen molar-refractivity contribution in [3.05, 3.63) is 12.2 Å². The summed E-state index contributed by atoms with van der Waals surface area (Å²) in [6.07, 6.45) is 8.12. The van der Waals surface area contributed by atoms with Crippen molar-refractivity contribution in [2.75, 3.05) is 25.7 Å². The van der Waals surface area contributed by atoms with Gasteiger partial charge in [0.1, 0.15) is 0 Å². The Morgan fingerprint density at radius 1 is 1.11 bits per heavy atom. The Morgan fingerprint density at radius 3 is 1.95 bits per heavy atom. The predicted octanol–water partition coefficient (Wildman–Crippen LogP) is 2.40. The fourth-order valence-corrected chi connectivity index (χ4v) is 1.77. The van der Waals surface area contributed by atoms with Gasteiger partial charge in [-0.2, -0.15) is 10.5 Å². The van der Waals surface area contributed by atoms with Crippen LogP contribution in [0.15, 0.2) is 12.2 Å². The smallest absolute Gasteiger partial charge is 0.323 e. The van der Waals surface area contributed by atoms with E-state index in [-0.39, 0.29) is 30.1 Å². The molecule has 0 N–H and O–H groups in total. The summed E-state index contributed by atoms with van der Waals surface area (Å²) in [4.78, 5) is 23.9. The average Bonchev–Trinajstić information content (AvgIpc) is 2.34. The first-order chi connectivity index (χ1) is 8.88. The van der Waals surface area contributed by atoms with Crippen LogP contribution in [0, 0.1) is 5.41 Å². The molecule has 0 bridgehead atoms. The van der Waals surface area contributed by atoms with E-state index in [9.17, 15) is 9.59 Å². The maximum absolute atomic E-state index is 11.9. The van der Waals surface area contributed by atoms with Crippen molar-refractivity contribution in [1.29, 1.82) is 0 Å². The van der Waals surface area contributed by atoms with Crippen LogP contribution in [0.5, 0.6) is 0 Å². The van der Waals surface area contributed by atoms with E-state index in [1.807, 2.05) is 11.4 Å². The lowest BCUT2D eigenvalue weighted by Gasteiger charge is -2.23. The summed E-state index contributed by atoms with van der Waals surface area (Å²) < 4.78 is 9.94. The second kappa shape index (κ2) is 8.91. The monoisotopic (exact) mass is 288 g/mol. The van der Waals surface area contributed by atoms with Gasteiger partial charge in [-0.1, -0.05) is 12.2 Å². The van der Waals surface area contributed by atoms with Gasteiger partial charge >= 0.3 is 11.9 Å². The summed E-state index contributed by atoms with van der Waals surface area (Å²) in [6.45, 7) is 5.49. The molecule has 0 atom stereocenters. The van der Waals surface area contributed by atoms with Gasteiger partial charge in [-0.3, -0.25) is 9.59 Å². The highest BCUT2D eigenvalue weighted by Crippen LogP contribution is 2.26. The maximum Gasteiger partial charge on any atom is 0.323 e. The summed E-state index contributed by atoms with van der Waals surface area (Å²) >= 11 is 0. The molecule has 0 aliphatic carbocycles. The van der Waals surface area contributed by atoms with Crippen LogP contribution in [0.25, 0.3) is 0 Å². The zero-order chi connectivity index (χ0) is 14.9. The lowest BCUT2D eigenvalue weighted by Crippen LogP contribution is -2.39. The highest BCUT2D eigenvalue weighted by atomic mass is 32.2. The highest BCUT2D eigenvalue weighted by Gasteiger charge is 2.43. The maximum atomic E-state index is 11.9. The quantitative estimate of drug-likeness (QED) is 0.312. The zero-order valence-corrected chi connectivity index (χ0v) is 13.2. The van der Waals surface area contributed by atoms with Crippen molar-refractivity contribution in [2.24, 2.45) is 5.41 Å². The van der Waals surface area contributed by atoms with Gasteiger partial charge in [0.05, 0.1) is 13.2 Å². The molecule has 0 rings (SSSR count). The van der Waals surface area contributed by atoms with Crippen LogP contribution < -0.4 is 0 Å². The van der Waals surface area contributed by atoms with E-state index in [4.69, 9.17) is 9.47 Å². The second-order valence-electron chi connectivity index (χ2n) is 4.42. The fraction of sp³-hybridized carbons (Fsp3) is 0.643. The summed E-state index contributed by atoms with van der Waals surface area (Å²) in [5.41, 5.74) is -1.27. The highest BCUT2D eigenvalue weighted by molar-refractivity contribution is 8.14. The molecule has 0 heterocycles. The van der Waals surface area contributed by atoms with Crippen molar-refractivity contribution >= 4 is 27.8 Å². The van der Waals surface area contributed by atoms with E-state index in [2.05, 4.69) is 12.5 Å². The van der Waals surface area contributed by atoms with Gasteiger partial charge in [0, 0.05) is 0 Å². The minimum Gasteiger partial charge on any atom is -0.465 e. The molecule has 5 heteroatoms. The lowest BCUT2D eigenvalue weighted by atomic mass is 9.86. The molecular formula is C14H24O4S. The minimum atomic E-state index is -1.27. The molecule has 0 saturated heterocycles. The average molecular weight is 288 g/mol. The molecule has 0 aliphatic rings. The molecule has 0 aromatic carbocycles. The molecule has 110 valence electrons. The number of carbonyl (C=O) groups is 2. The standard InChI is InChI=1S/C14H24O4S/c1-6-17-12(15)14(3,13(16)18-7-2)10-8-9-11-19(4)5/h8-9,11H,6-7,10H2,1-5H3/b9-8+. The van der Waals surface area contributed by atoms with Crippen LogP contribution in [0.2, 0.25) is 0 Å². The van der Waals surface area contributed by atoms with E-state index < -0.39 is 17.4 Å². The number of esters is 2. The number of rotatable bonds is 7. The zero-order valence-electron chi connectivity index (χ0n) is 12.4. The van der Waals surface area contributed by atoms with Gasteiger partial charge in [-0.25, -0.2) is 0 Å². The summed E-state index contributed by atoms with van der Waals surface area (Å²) in [5.74, 6) is -1.07. The van der Waals surface area contributed by atoms with E-state index in [0.717, 1.165) is 0 Å². The molecule has 0 aliphatic heterocycles. The number of hydrogen-bond donors (Lipinski definition) is 0. The number of carbonyl (C=O) groups excluding carboxylic acids is 2. The van der Waals surface area contributed by atoms with Crippen LogP contribution in [-0.4, -0.2) is 43.0 Å². The van der Waals surface area contributed by atoms with Crippen molar-refractivity contribution < 1.29 is 19.1 Å². The van der Waals surface area contributed by atoms with Gasteiger partial charge < -0.3 is 9.47 Å². The third-order valence-electron chi connectivity index (χ3n) is 2.46. The molecule has 19 heavy (non-hydrogen) atoms. The Hall–Kier alpha value is -1.10. The summed E-state index contributed by atoms with van der Waals surface area (Å²) in [5, 5.41) is 2.02. The SMILES string of the molecule is CCOC(=O)C(C)(C/C=C/C=S(C)C)C(=O)OCC. The van der Waals surface area contributed by atoms with Crippen LogP contribution in [0.3, 0.4) is 0 Å². The molecular weight excluding hydrogens is 264 g/mol. The van der Waals surface area contributed by atoms with E-state index in [1.165, 1.54) is 0 Å². The Labute approximate surface area is 118 Å². The normalized spacial score (nSPS) is 11.7. The minimum absolute atomic E-state index is 0.184. The van der Waals surface area contributed by atoms with Gasteiger partial charge in [0.25, 0.3) is 0 Å². The topological polar surface area (TPSA) is 52.6 Å². The molecule has 0 aromatic rings. The van der Waals surface area contributed by atoms with E-state index in [0.29, 0.717) is 0 Å². The number of allylic oxidation sites excluding steroid dienone is 2.